The van der Waals surface area contributed by atoms with Gasteiger partial charge in [-0.1, -0.05) is 36.4 Å². The molecule has 110 valence electrons. The van der Waals surface area contributed by atoms with Crippen molar-refractivity contribution in [1.82, 2.24) is 0 Å². The number of benzene rings is 2. The highest BCUT2D eigenvalue weighted by atomic mass is 32.2. The zero-order valence-corrected chi connectivity index (χ0v) is 12.3. The van der Waals surface area contributed by atoms with Gasteiger partial charge in [-0.25, -0.2) is 13.2 Å². The largest absolute Gasteiger partial charge is 0.462 e. The van der Waals surface area contributed by atoms with Crippen molar-refractivity contribution in [3.8, 4) is 0 Å². The summed E-state index contributed by atoms with van der Waals surface area (Å²) in [5, 5.41) is 0. The number of hydrogen-bond acceptors (Lipinski definition) is 4. The van der Waals surface area contributed by atoms with Crippen LogP contribution in [-0.4, -0.2) is 26.7 Å². The highest BCUT2D eigenvalue weighted by molar-refractivity contribution is 7.91. The number of sulfone groups is 1. The third-order valence-electron chi connectivity index (χ3n) is 2.90. The summed E-state index contributed by atoms with van der Waals surface area (Å²) in [6, 6.07) is 16.9. The van der Waals surface area contributed by atoms with Crippen molar-refractivity contribution in [2.24, 2.45) is 0 Å². The molecule has 0 N–H and O–H groups in total. The van der Waals surface area contributed by atoms with Crippen LogP contribution < -0.4 is 0 Å². The van der Waals surface area contributed by atoms with E-state index >= 15 is 0 Å². The minimum absolute atomic E-state index is 0.0426. The van der Waals surface area contributed by atoms with Crippen molar-refractivity contribution in [3.05, 3.63) is 66.2 Å². The fraction of sp³-hybridized carbons (Fsp3) is 0.188. The second kappa shape index (κ2) is 7.04. The molecule has 2 aromatic carbocycles. The maximum Gasteiger partial charge on any atom is 0.338 e. The van der Waals surface area contributed by atoms with Crippen LogP contribution in [0.15, 0.2) is 65.6 Å². The molecule has 0 aliphatic rings. The molecular formula is C16H16O4S. The molecule has 0 aliphatic heterocycles. The molecule has 0 saturated heterocycles. The summed E-state index contributed by atoms with van der Waals surface area (Å²) < 4.78 is 29.1. The predicted molar refractivity (Wildman–Crippen MR) is 79.8 cm³/mol. The number of ether oxygens (including phenoxy) is 1. The lowest BCUT2D eigenvalue weighted by Crippen LogP contribution is -2.12. The Morgan fingerprint density at radius 3 is 2.10 bits per heavy atom. The molecule has 2 aromatic rings. The van der Waals surface area contributed by atoms with Crippen LogP contribution in [0.3, 0.4) is 0 Å². The summed E-state index contributed by atoms with van der Waals surface area (Å²) in [6.45, 7) is 0.0831. The van der Waals surface area contributed by atoms with Crippen LogP contribution in [0, 0.1) is 0 Å². The van der Waals surface area contributed by atoms with E-state index in [1.54, 1.807) is 54.6 Å². The summed E-state index contributed by atoms with van der Waals surface area (Å²) in [6.07, 6.45) is 0.274. The number of esters is 1. The molecule has 5 heteroatoms. The van der Waals surface area contributed by atoms with Gasteiger partial charge in [0.2, 0.25) is 0 Å². The van der Waals surface area contributed by atoms with Crippen molar-refractivity contribution < 1.29 is 17.9 Å². The van der Waals surface area contributed by atoms with Crippen molar-refractivity contribution in [1.29, 1.82) is 0 Å². The molecule has 0 radical (unpaired) electrons. The first-order valence-electron chi connectivity index (χ1n) is 6.59. The monoisotopic (exact) mass is 304 g/mol. The van der Waals surface area contributed by atoms with Gasteiger partial charge in [0.25, 0.3) is 0 Å². The van der Waals surface area contributed by atoms with Gasteiger partial charge in [0.1, 0.15) is 0 Å². The van der Waals surface area contributed by atoms with E-state index in [0.29, 0.717) is 10.5 Å². The number of rotatable bonds is 6. The molecular weight excluding hydrogens is 288 g/mol. The lowest BCUT2D eigenvalue weighted by Gasteiger charge is -2.06. The minimum atomic E-state index is -3.31. The second-order valence-corrected chi connectivity index (χ2v) is 6.60. The van der Waals surface area contributed by atoms with Gasteiger partial charge in [-0.2, -0.15) is 0 Å². The lowest BCUT2D eigenvalue weighted by molar-refractivity contribution is 0.0505. The van der Waals surface area contributed by atoms with Crippen LogP contribution in [0.25, 0.3) is 0 Å². The maximum absolute atomic E-state index is 12.0. The Balaban J connectivity index is 1.81. The van der Waals surface area contributed by atoms with Gasteiger partial charge >= 0.3 is 5.97 Å². The molecule has 0 bridgehead atoms. The van der Waals surface area contributed by atoms with E-state index in [4.69, 9.17) is 4.74 Å². The molecule has 2 rings (SSSR count). The van der Waals surface area contributed by atoms with E-state index in [1.165, 1.54) is 0 Å². The van der Waals surface area contributed by atoms with Crippen LogP contribution in [0.4, 0.5) is 0 Å². The standard InChI is InChI=1S/C16H16O4S/c17-16(14-8-3-1-4-9-14)20-12-7-13-21(18,19)15-10-5-2-6-11-15/h1-6,8-11H,7,12-13H2. The average molecular weight is 304 g/mol. The molecule has 0 heterocycles. The van der Waals surface area contributed by atoms with Crippen LogP contribution in [-0.2, 0) is 14.6 Å². The molecule has 4 nitrogen and oxygen atoms in total. The van der Waals surface area contributed by atoms with Gasteiger partial charge in [-0.3, -0.25) is 0 Å². The quantitative estimate of drug-likeness (QED) is 0.608. The van der Waals surface area contributed by atoms with Gasteiger partial charge < -0.3 is 4.74 Å². The molecule has 0 unspecified atom stereocenters. The normalized spacial score (nSPS) is 11.0. The SMILES string of the molecule is O=C(OCCCS(=O)(=O)c1ccccc1)c1ccccc1. The first-order chi connectivity index (χ1) is 10.1. The predicted octanol–water partition coefficient (Wildman–Crippen LogP) is 2.71. The molecule has 0 aromatic heterocycles. The second-order valence-electron chi connectivity index (χ2n) is 4.49. The van der Waals surface area contributed by atoms with Crippen LogP contribution in [0.1, 0.15) is 16.8 Å². The first-order valence-corrected chi connectivity index (χ1v) is 8.25. The van der Waals surface area contributed by atoms with E-state index in [9.17, 15) is 13.2 Å². The average Bonchev–Trinajstić information content (AvgIpc) is 2.53. The van der Waals surface area contributed by atoms with Gasteiger partial charge in [0.05, 0.1) is 22.8 Å². The zero-order chi connectivity index (χ0) is 15.1. The van der Waals surface area contributed by atoms with E-state index in [1.807, 2.05) is 6.07 Å². The molecule has 0 saturated carbocycles. The van der Waals surface area contributed by atoms with Crippen LogP contribution in [0.2, 0.25) is 0 Å². The van der Waals surface area contributed by atoms with Crippen molar-refractivity contribution in [2.45, 2.75) is 11.3 Å². The number of carbonyl (C=O) groups is 1. The van der Waals surface area contributed by atoms with Crippen molar-refractivity contribution in [2.75, 3.05) is 12.4 Å². The van der Waals surface area contributed by atoms with Gasteiger partial charge in [0, 0.05) is 0 Å². The van der Waals surface area contributed by atoms with Crippen LogP contribution in [0.5, 0.6) is 0 Å². The van der Waals surface area contributed by atoms with Crippen LogP contribution >= 0.6 is 0 Å². The van der Waals surface area contributed by atoms with Crippen molar-refractivity contribution in [3.63, 3.8) is 0 Å². The molecule has 0 amide bonds. The summed E-state index contributed by atoms with van der Waals surface area (Å²) in [5.41, 5.74) is 0.461. The fourth-order valence-electron chi connectivity index (χ4n) is 1.82. The third-order valence-corrected chi connectivity index (χ3v) is 4.72. The first kappa shape index (κ1) is 15.3. The van der Waals surface area contributed by atoms with E-state index in [0.717, 1.165) is 0 Å². The molecule has 0 spiro atoms. The third kappa shape index (κ3) is 4.43. The molecule has 0 aliphatic carbocycles. The topological polar surface area (TPSA) is 60.4 Å². The Hall–Kier alpha value is -2.14. The summed E-state index contributed by atoms with van der Waals surface area (Å²) in [5.74, 6) is -0.480. The minimum Gasteiger partial charge on any atom is -0.462 e. The van der Waals surface area contributed by atoms with E-state index < -0.39 is 15.8 Å². The van der Waals surface area contributed by atoms with E-state index in [-0.39, 0.29) is 18.8 Å². The van der Waals surface area contributed by atoms with Gasteiger partial charge in [-0.15, -0.1) is 0 Å². The summed E-state index contributed by atoms with van der Waals surface area (Å²) in [4.78, 5) is 12.0. The highest BCUT2D eigenvalue weighted by Gasteiger charge is 2.14. The molecule has 0 fully saturated rings. The van der Waals surface area contributed by atoms with Gasteiger partial charge in [0.15, 0.2) is 9.84 Å². The van der Waals surface area contributed by atoms with Crippen molar-refractivity contribution >= 4 is 15.8 Å². The zero-order valence-electron chi connectivity index (χ0n) is 11.4. The molecule has 21 heavy (non-hydrogen) atoms. The maximum atomic E-state index is 12.0. The highest BCUT2D eigenvalue weighted by Crippen LogP contribution is 2.11. The van der Waals surface area contributed by atoms with E-state index in [2.05, 4.69) is 0 Å². The number of hydrogen-bond donors (Lipinski definition) is 0. The summed E-state index contributed by atoms with van der Waals surface area (Å²) >= 11 is 0. The Morgan fingerprint density at radius 1 is 0.905 bits per heavy atom. The molecule has 0 atom stereocenters. The Morgan fingerprint density at radius 2 is 1.48 bits per heavy atom. The fourth-order valence-corrected chi connectivity index (χ4v) is 3.12. The summed E-state index contributed by atoms with van der Waals surface area (Å²) in [7, 11) is -3.31. The van der Waals surface area contributed by atoms with Gasteiger partial charge in [-0.05, 0) is 30.7 Å². The smallest absolute Gasteiger partial charge is 0.338 e. The lowest BCUT2D eigenvalue weighted by atomic mass is 10.2. The Bertz CT molecular complexity index is 679. The number of carbonyl (C=O) groups excluding carboxylic acids is 1. The Kier molecular flexibility index (Phi) is 5.11. The Labute approximate surface area is 124 Å².